The molecule has 3 rings (SSSR count). The molecule has 0 fully saturated rings. The lowest BCUT2D eigenvalue weighted by Crippen LogP contribution is -2.10. The zero-order valence-electron chi connectivity index (χ0n) is 10.7. The number of benzene rings is 2. The van der Waals surface area contributed by atoms with Crippen molar-refractivity contribution in [2.45, 2.75) is 19.4 Å². The third kappa shape index (κ3) is 2.32. The van der Waals surface area contributed by atoms with Crippen molar-refractivity contribution in [2.75, 3.05) is 5.32 Å². The minimum atomic E-state index is -0.251. The van der Waals surface area contributed by atoms with Crippen molar-refractivity contribution in [1.82, 2.24) is 0 Å². The first-order valence-electron chi connectivity index (χ1n) is 6.35. The van der Waals surface area contributed by atoms with Crippen LogP contribution in [0.2, 0.25) is 0 Å². The number of nitrogens with one attached hydrogen (secondary N) is 1. The molecule has 96 valence electrons. The Balaban J connectivity index is 2.08. The standard InChI is InChI=1S/C16H15NO2/c1-11(18)19-16-10-12-6-2-4-8-14(12)17-15-9-5-3-7-13(15)16/h2-9,16-17H,10H2,1H3/t16-/m0/s1. The molecule has 0 bridgehead atoms. The molecule has 1 aliphatic rings. The third-order valence-electron chi connectivity index (χ3n) is 3.31. The molecule has 2 aromatic carbocycles. The Hall–Kier alpha value is -2.29. The van der Waals surface area contributed by atoms with Gasteiger partial charge in [0.1, 0.15) is 6.10 Å². The van der Waals surface area contributed by atoms with Crippen LogP contribution in [-0.4, -0.2) is 5.97 Å². The van der Waals surface area contributed by atoms with Crippen LogP contribution in [0.3, 0.4) is 0 Å². The number of carbonyl (C=O) groups is 1. The van der Waals surface area contributed by atoms with Crippen LogP contribution in [0.25, 0.3) is 0 Å². The highest BCUT2D eigenvalue weighted by Crippen LogP contribution is 2.36. The van der Waals surface area contributed by atoms with E-state index in [0.717, 1.165) is 22.5 Å². The van der Waals surface area contributed by atoms with Crippen molar-refractivity contribution in [1.29, 1.82) is 0 Å². The molecule has 0 aliphatic carbocycles. The lowest BCUT2D eigenvalue weighted by molar-refractivity contribution is -0.146. The van der Waals surface area contributed by atoms with Gasteiger partial charge in [-0.2, -0.15) is 0 Å². The number of ether oxygens (including phenoxy) is 1. The lowest BCUT2D eigenvalue weighted by atomic mass is 10.0. The summed E-state index contributed by atoms with van der Waals surface area (Å²) >= 11 is 0. The molecular weight excluding hydrogens is 238 g/mol. The fourth-order valence-electron chi connectivity index (χ4n) is 2.47. The minimum absolute atomic E-state index is 0.232. The van der Waals surface area contributed by atoms with Crippen LogP contribution >= 0.6 is 0 Å². The average molecular weight is 253 g/mol. The highest BCUT2D eigenvalue weighted by atomic mass is 16.5. The molecule has 0 amide bonds. The number of carbonyl (C=O) groups excluding carboxylic acids is 1. The minimum Gasteiger partial charge on any atom is -0.457 e. The molecule has 1 heterocycles. The Morgan fingerprint density at radius 2 is 1.79 bits per heavy atom. The Morgan fingerprint density at radius 3 is 2.58 bits per heavy atom. The molecule has 19 heavy (non-hydrogen) atoms. The summed E-state index contributed by atoms with van der Waals surface area (Å²) in [6.45, 7) is 1.45. The molecule has 1 atom stereocenters. The van der Waals surface area contributed by atoms with Crippen LogP contribution in [-0.2, 0) is 16.0 Å². The first-order chi connectivity index (χ1) is 9.24. The van der Waals surface area contributed by atoms with Gasteiger partial charge in [0.15, 0.2) is 0 Å². The van der Waals surface area contributed by atoms with Crippen molar-refractivity contribution in [3.63, 3.8) is 0 Å². The average Bonchev–Trinajstić information content (AvgIpc) is 2.55. The fourth-order valence-corrected chi connectivity index (χ4v) is 2.47. The normalized spacial score (nSPS) is 16.6. The van der Waals surface area contributed by atoms with Gasteiger partial charge in [-0.3, -0.25) is 4.79 Å². The van der Waals surface area contributed by atoms with E-state index in [1.807, 2.05) is 42.5 Å². The highest BCUT2D eigenvalue weighted by molar-refractivity contribution is 5.71. The second kappa shape index (κ2) is 4.76. The van der Waals surface area contributed by atoms with Crippen LogP contribution < -0.4 is 5.32 Å². The van der Waals surface area contributed by atoms with E-state index in [1.165, 1.54) is 6.92 Å². The van der Waals surface area contributed by atoms with Gasteiger partial charge in [0, 0.05) is 30.3 Å². The van der Waals surface area contributed by atoms with Gasteiger partial charge in [-0.1, -0.05) is 36.4 Å². The summed E-state index contributed by atoms with van der Waals surface area (Å²) < 4.78 is 5.48. The highest BCUT2D eigenvalue weighted by Gasteiger charge is 2.23. The zero-order valence-corrected chi connectivity index (χ0v) is 10.7. The smallest absolute Gasteiger partial charge is 0.303 e. The van der Waals surface area contributed by atoms with Crippen LogP contribution in [0.5, 0.6) is 0 Å². The predicted molar refractivity (Wildman–Crippen MR) is 74.4 cm³/mol. The number of fused-ring (bicyclic) bond motifs is 2. The SMILES string of the molecule is CC(=O)O[C@H]1Cc2ccccc2Nc2ccccc21. The van der Waals surface area contributed by atoms with E-state index in [9.17, 15) is 4.79 Å². The number of esters is 1. The van der Waals surface area contributed by atoms with Crippen molar-refractivity contribution >= 4 is 17.3 Å². The number of hydrogen-bond donors (Lipinski definition) is 1. The summed E-state index contributed by atoms with van der Waals surface area (Å²) in [5.41, 5.74) is 4.25. The summed E-state index contributed by atoms with van der Waals surface area (Å²) in [7, 11) is 0. The van der Waals surface area contributed by atoms with E-state index in [-0.39, 0.29) is 12.1 Å². The van der Waals surface area contributed by atoms with Crippen molar-refractivity contribution in [2.24, 2.45) is 0 Å². The molecule has 3 heteroatoms. The van der Waals surface area contributed by atoms with Crippen LogP contribution in [0.15, 0.2) is 48.5 Å². The predicted octanol–water partition coefficient (Wildman–Crippen LogP) is 3.59. The fraction of sp³-hybridized carbons (Fsp3) is 0.188. The topological polar surface area (TPSA) is 38.3 Å². The van der Waals surface area contributed by atoms with Crippen molar-refractivity contribution in [3.8, 4) is 0 Å². The number of rotatable bonds is 1. The molecule has 1 N–H and O–H groups in total. The van der Waals surface area contributed by atoms with Crippen LogP contribution in [0.1, 0.15) is 24.2 Å². The Kier molecular flexibility index (Phi) is 2.95. The molecule has 3 nitrogen and oxygen atoms in total. The third-order valence-corrected chi connectivity index (χ3v) is 3.31. The van der Waals surface area contributed by atoms with Gasteiger partial charge in [-0.15, -0.1) is 0 Å². The number of para-hydroxylation sites is 2. The van der Waals surface area contributed by atoms with E-state index in [2.05, 4.69) is 11.4 Å². The molecule has 0 saturated heterocycles. The van der Waals surface area contributed by atoms with Crippen molar-refractivity contribution in [3.05, 3.63) is 59.7 Å². The molecule has 0 spiro atoms. The summed E-state index contributed by atoms with van der Waals surface area (Å²) in [4.78, 5) is 11.3. The van der Waals surface area contributed by atoms with Gasteiger partial charge in [0.2, 0.25) is 0 Å². The van der Waals surface area contributed by atoms with E-state index < -0.39 is 0 Å². The van der Waals surface area contributed by atoms with Crippen molar-refractivity contribution < 1.29 is 9.53 Å². The lowest BCUT2D eigenvalue weighted by Gasteiger charge is -2.17. The summed E-state index contributed by atoms with van der Waals surface area (Å²) in [5.74, 6) is -0.251. The summed E-state index contributed by atoms with van der Waals surface area (Å²) in [6.07, 6.45) is 0.463. The van der Waals surface area contributed by atoms with Crippen LogP contribution in [0, 0.1) is 0 Å². The first-order valence-corrected chi connectivity index (χ1v) is 6.35. The molecule has 0 radical (unpaired) electrons. The maximum Gasteiger partial charge on any atom is 0.303 e. The molecule has 0 saturated carbocycles. The largest absolute Gasteiger partial charge is 0.457 e. The number of hydrogen-bond acceptors (Lipinski definition) is 3. The van der Waals surface area contributed by atoms with Gasteiger partial charge in [-0.05, 0) is 17.7 Å². The monoisotopic (exact) mass is 253 g/mol. The molecular formula is C16H15NO2. The number of anilines is 2. The second-order valence-electron chi connectivity index (χ2n) is 4.67. The van der Waals surface area contributed by atoms with Gasteiger partial charge in [-0.25, -0.2) is 0 Å². The second-order valence-corrected chi connectivity index (χ2v) is 4.67. The van der Waals surface area contributed by atoms with E-state index in [4.69, 9.17) is 4.74 Å². The van der Waals surface area contributed by atoms with Gasteiger partial charge < -0.3 is 10.1 Å². The molecule has 1 aliphatic heterocycles. The Labute approximate surface area is 112 Å². The quantitative estimate of drug-likeness (QED) is 0.789. The van der Waals surface area contributed by atoms with E-state index in [0.29, 0.717) is 6.42 Å². The van der Waals surface area contributed by atoms with Gasteiger partial charge >= 0.3 is 5.97 Å². The van der Waals surface area contributed by atoms with E-state index in [1.54, 1.807) is 0 Å². The molecule has 0 aromatic heterocycles. The molecule has 2 aromatic rings. The maximum absolute atomic E-state index is 11.3. The maximum atomic E-state index is 11.3. The summed E-state index contributed by atoms with van der Waals surface area (Å²) in [6, 6.07) is 16.1. The molecule has 0 unspecified atom stereocenters. The Morgan fingerprint density at radius 1 is 1.11 bits per heavy atom. The van der Waals surface area contributed by atoms with E-state index >= 15 is 0 Å². The van der Waals surface area contributed by atoms with Gasteiger partial charge in [0.05, 0.1) is 0 Å². The Bertz CT molecular complexity index is 622. The zero-order chi connectivity index (χ0) is 13.2. The van der Waals surface area contributed by atoms with Crippen LogP contribution in [0.4, 0.5) is 11.4 Å². The first kappa shape index (κ1) is 11.8. The van der Waals surface area contributed by atoms with Gasteiger partial charge in [0.25, 0.3) is 0 Å². The summed E-state index contributed by atoms with van der Waals surface area (Å²) in [5, 5.41) is 3.41.